The third-order valence-corrected chi connectivity index (χ3v) is 6.69. The highest BCUT2D eigenvalue weighted by molar-refractivity contribution is 7.99. The van der Waals surface area contributed by atoms with Gasteiger partial charge in [-0.05, 0) is 30.3 Å². The summed E-state index contributed by atoms with van der Waals surface area (Å²) in [5, 5.41) is 15.2. The monoisotopic (exact) mass is 501 g/mol. The molecule has 0 radical (unpaired) electrons. The molecule has 2 aromatic carbocycles. The van der Waals surface area contributed by atoms with Crippen LogP contribution in [0.1, 0.15) is 16.1 Å². The van der Waals surface area contributed by atoms with E-state index in [4.69, 9.17) is 17.2 Å². The highest BCUT2D eigenvalue weighted by Crippen LogP contribution is 2.31. The number of nitrogens with zero attached hydrogens (tertiary/aromatic N) is 2. The summed E-state index contributed by atoms with van der Waals surface area (Å²) in [5.74, 6) is -0.958. The first-order chi connectivity index (χ1) is 16.9. The van der Waals surface area contributed by atoms with Crippen LogP contribution in [0.5, 0.6) is 0 Å². The highest BCUT2D eigenvalue weighted by atomic mass is 32.2. The highest BCUT2D eigenvalue weighted by Gasteiger charge is 2.26. The van der Waals surface area contributed by atoms with Crippen LogP contribution in [0.25, 0.3) is 28.1 Å². The summed E-state index contributed by atoms with van der Waals surface area (Å²) >= 11 is 6.55. The largest absolute Gasteiger partial charge is 0.545 e. The minimum Gasteiger partial charge on any atom is -0.545 e. The molecule has 0 spiro atoms. The average Bonchev–Trinajstić information content (AvgIpc) is 3.40. The van der Waals surface area contributed by atoms with E-state index in [2.05, 4.69) is 5.32 Å². The number of carbonyl (C=O) groups is 2. The lowest BCUT2D eigenvalue weighted by atomic mass is 10.1. The summed E-state index contributed by atoms with van der Waals surface area (Å²) in [6, 6.07) is 16.2. The Morgan fingerprint density at radius 1 is 1.14 bits per heavy atom. The van der Waals surface area contributed by atoms with Gasteiger partial charge in [0, 0.05) is 29.5 Å². The second-order valence-corrected chi connectivity index (χ2v) is 9.19. The Labute approximate surface area is 210 Å². The lowest BCUT2D eigenvalue weighted by Crippen LogP contribution is -2.31. The quantitative estimate of drug-likeness (QED) is 0.171. The second-order valence-electron chi connectivity index (χ2n) is 7.74. The van der Waals surface area contributed by atoms with Gasteiger partial charge in [0.2, 0.25) is 0 Å². The van der Waals surface area contributed by atoms with Crippen molar-refractivity contribution in [1.29, 1.82) is 0 Å². The number of anilines is 1. The number of rotatable bonds is 3. The molecule has 3 heterocycles. The average molecular weight is 502 g/mol. The van der Waals surface area contributed by atoms with Crippen LogP contribution in [0.2, 0.25) is 0 Å². The molecule has 0 saturated carbocycles. The maximum Gasteiger partial charge on any atom is 0.340 e. The SMILES string of the molecule is Cn1c2ccccc2c2oc(C=C3/C=C/C=C\S/[N+]([S-])=C(/Nc4ccccc4C(=O)O)C3=O)cc21. The van der Waals surface area contributed by atoms with Crippen molar-refractivity contribution in [2.24, 2.45) is 7.05 Å². The number of Topliss-reactive ketones (excluding diaryl/α,β-unsaturated/α-hetero) is 1. The summed E-state index contributed by atoms with van der Waals surface area (Å²) in [6.45, 7) is 0. The molecule has 0 saturated heterocycles. The fourth-order valence-corrected chi connectivity index (χ4v) is 4.70. The number of fused-ring (bicyclic) bond motifs is 3. The number of carboxylic acid groups (broad SMARTS) is 1. The minimum absolute atomic E-state index is 0.0295. The van der Waals surface area contributed by atoms with Gasteiger partial charge in [-0.25, -0.2) is 10.1 Å². The third kappa shape index (κ3) is 4.27. The van der Waals surface area contributed by atoms with E-state index in [1.165, 1.54) is 9.45 Å². The molecular formula is C26H19N3O4S2. The Hall–Kier alpha value is -4.08. The number of furan rings is 1. The number of aryl methyl sites for hydroxylation is 1. The van der Waals surface area contributed by atoms with E-state index in [9.17, 15) is 14.7 Å². The Morgan fingerprint density at radius 3 is 2.74 bits per heavy atom. The molecule has 0 bridgehead atoms. The fraction of sp³-hybridized carbons (Fsp3) is 0.0385. The van der Waals surface area contributed by atoms with Gasteiger partial charge in [0.15, 0.2) is 5.58 Å². The molecule has 9 heteroatoms. The Bertz CT molecular complexity index is 1620. The molecule has 2 N–H and O–H groups in total. The number of amidine groups is 1. The van der Waals surface area contributed by atoms with Crippen LogP contribution >= 0.6 is 11.9 Å². The first-order valence-electron chi connectivity index (χ1n) is 10.6. The Morgan fingerprint density at radius 2 is 1.91 bits per heavy atom. The molecule has 0 atom stereocenters. The molecule has 1 aliphatic rings. The van der Waals surface area contributed by atoms with Gasteiger partial charge in [-0.1, -0.05) is 42.5 Å². The number of hydrogen-bond donors (Lipinski definition) is 2. The molecule has 0 unspecified atom stereocenters. The van der Waals surface area contributed by atoms with Gasteiger partial charge in [0.05, 0.1) is 23.0 Å². The van der Waals surface area contributed by atoms with Crippen LogP contribution in [0, 0.1) is 0 Å². The predicted octanol–water partition coefficient (Wildman–Crippen LogP) is 5.29. The van der Waals surface area contributed by atoms with Gasteiger partial charge in [-0.15, -0.1) is 0 Å². The Kier molecular flexibility index (Phi) is 6.02. The molecule has 4 aromatic rings. The normalized spacial score (nSPS) is 19.5. The molecule has 0 fully saturated rings. The minimum atomic E-state index is -1.11. The zero-order valence-corrected chi connectivity index (χ0v) is 20.1. The summed E-state index contributed by atoms with van der Waals surface area (Å²) in [4.78, 5) is 25.3. The van der Waals surface area contributed by atoms with Gasteiger partial charge in [-0.3, -0.25) is 4.79 Å². The number of carboxylic acids is 1. The van der Waals surface area contributed by atoms with E-state index in [0.29, 0.717) is 11.3 Å². The van der Waals surface area contributed by atoms with E-state index in [-0.39, 0.29) is 17.1 Å². The number of allylic oxidation sites excluding steroid dienone is 3. The van der Waals surface area contributed by atoms with Gasteiger partial charge in [-0.2, -0.15) is 0 Å². The van der Waals surface area contributed by atoms with Gasteiger partial charge >= 0.3 is 11.8 Å². The van der Waals surface area contributed by atoms with Crippen molar-refractivity contribution in [3.63, 3.8) is 0 Å². The number of ketones is 1. The maximum absolute atomic E-state index is 13.6. The summed E-state index contributed by atoms with van der Waals surface area (Å²) in [5.41, 5.74) is 3.33. The summed E-state index contributed by atoms with van der Waals surface area (Å²) in [6.07, 6.45) is 6.84. The van der Waals surface area contributed by atoms with E-state index in [1.54, 1.807) is 47.9 Å². The molecule has 0 amide bonds. The number of carbonyl (C=O) groups excluding carboxylic acids is 1. The van der Waals surface area contributed by atoms with E-state index < -0.39 is 11.8 Å². The van der Waals surface area contributed by atoms with Crippen molar-refractivity contribution in [2.75, 3.05) is 5.32 Å². The van der Waals surface area contributed by atoms with Crippen molar-refractivity contribution >= 4 is 76.1 Å². The van der Waals surface area contributed by atoms with Crippen LogP contribution in [-0.4, -0.2) is 30.6 Å². The second kappa shape index (κ2) is 9.28. The van der Waals surface area contributed by atoms with E-state index in [0.717, 1.165) is 34.0 Å². The van der Waals surface area contributed by atoms with Crippen molar-refractivity contribution in [1.82, 2.24) is 4.57 Å². The Balaban J connectivity index is 1.58. The van der Waals surface area contributed by atoms with Crippen LogP contribution in [0.3, 0.4) is 0 Å². The lowest BCUT2D eigenvalue weighted by Gasteiger charge is -2.13. The lowest BCUT2D eigenvalue weighted by molar-refractivity contribution is -0.135. The maximum atomic E-state index is 13.6. The van der Waals surface area contributed by atoms with E-state index in [1.807, 2.05) is 41.9 Å². The number of nitrogens with one attached hydrogen (secondary N) is 1. The van der Waals surface area contributed by atoms with Crippen LogP contribution < -0.4 is 5.32 Å². The molecule has 35 heavy (non-hydrogen) atoms. The predicted molar refractivity (Wildman–Crippen MR) is 141 cm³/mol. The number of aromatic carboxylic acids is 1. The standard InChI is InChI=1S/C26H19N3O4S2/c1-28-21-12-5-3-10-19(21)24-22(28)15-17(33-24)14-16-8-6-7-13-35-29(34)25(23(16)30)27-20-11-4-2-9-18(20)26(31)32/h2-15,27H,1H3,(H,31,32)/b8-6+,13-7-,16-14?,29-25+. The molecule has 7 nitrogen and oxygen atoms in total. The summed E-state index contributed by atoms with van der Waals surface area (Å²) in [7, 11) is 1.97. The van der Waals surface area contributed by atoms with Crippen LogP contribution in [0.4, 0.5) is 5.69 Å². The smallest absolute Gasteiger partial charge is 0.340 e. The molecule has 174 valence electrons. The third-order valence-electron chi connectivity index (χ3n) is 5.59. The van der Waals surface area contributed by atoms with Crippen molar-refractivity contribution in [3.05, 3.63) is 95.1 Å². The molecule has 5 rings (SSSR count). The van der Waals surface area contributed by atoms with Crippen molar-refractivity contribution in [2.45, 2.75) is 0 Å². The zero-order chi connectivity index (χ0) is 24.5. The van der Waals surface area contributed by atoms with Crippen LogP contribution in [-0.2, 0) is 24.7 Å². The first-order valence-corrected chi connectivity index (χ1v) is 11.8. The van der Waals surface area contributed by atoms with Crippen LogP contribution in [0.15, 0.2) is 88.2 Å². The van der Waals surface area contributed by atoms with E-state index >= 15 is 0 Å². The number of hydrogen-bond acceptors (Lipinski definition) is 6. The molecule has 0 aliphatic carbocycles. The number of benzene rings is 2. The fourth-order valence-electron chi connectivity index (χ4n) is 3.92. The zero-order valence-electron chi connectivity index (χ0n) is 18.5. The molecule has 2 aromatic heterocycles. The topological polar surface area (TPSA) is 87.5 Å². The number of para-hydroxylation sites is 2. The summed E-state index contributed by atoms with van der Waals surface area (Å²) < 4.78 is 9.43. The number of aromatic nitrogens is 1. The molecule has 1 aliphatic heterocycles. The van der Waals surface area contributed by atoms with Crippen molar-refractivity contribution in [3.8, 4) is 0 Å². The van der Waals surface area contributed by atoms with Gasteiger partial charge in [0.25, 0.3) is 5.78 Å². The first kappa shape index (κ1) is 22.7. The van der Waals surface area contributed by atoms with Crippen molar-refractivity contribution < 1.29 is 22.5 Å². The van der Waals surface area contributed by atoms with Gasteiger partial charge in [0.1, 0.15) is 17.0 Å². The van der Waals surface area contributed by atoms with Gasteiger partial charge < -0.3 is 30.3 Å². The molecular weight excluding hydrogens is 482 g/mol.